The van der Waals surface area contributed by atoms with Crippen LogP contribution in [-0.4, -0.2) is 16.0 Å². The van der Waals surface area contributed by atoms with E-state index >= 15 is 0 Å². The fraction of sp³-hybridized carbons (Fsp3) is 0.600. The van der Waals surface area contributed by atoms with Gasteiger partial charge in [-0.25, -0.2) is 4.98 Å². The van der Waals surface area contributed by atoms with E-state index in [4.69, 9.17) is 5.73 Å². The summed E-state index contributed by atoms with van der Waals surface area (Å²) in [5, 5.41) is 3.23. The van der Waals surface area contributed by atoms with Crippen LogP contribution in [0.4, 0.5) is 11.8 Å². The molecule has 0 spiro atoms. The normalized spacial score (nSPS) is 14.8. The molecule has 1 aromatic rings. The third-order valence-electron chi connectivity index (χ3n) is 2.53. The summed E-state index contributed by atoms with van der Waals surface area (Å²) in [4.78, 5) is 8.18. The molecule has 1 rings (SSSR count). The van der Waals surface area contributed by atoms with Crippen molar-refractivity contribution in [3.63, 3.8) is 0 Å². The van der Waals surface area contributed by atoms with Crippen LogP contribution in [-0.2, 0) is 0 Å². The molecule has 78 valence electrons. The molecule has 2 atom stereocenters. The molecule has 1 heterocycles. The van der Waals surface area contributed by atoms with Crippen LogP contribution >= 0.6 is 0 Å². The van der Waals surface area contributed by atoms with Gasteiger partial charge in [0.1, 0.15) is 5.82 Å². The Labute approximate surface area is 85.0 Å². The van der Waals surface area contributed by atoms with Crippen LogP contribution in [0.5, 0.6) is 0 Å². The van der Waals surface area contributed by atoms with Gasteiger partial charge in [0, 0.05) is 12.2 Å². The zero-order valence-electron chi connectivity index (χ0n) is 8.99. The minimum Gasteiger partial charge on any atom is -0.384 e. The first-order valence-electron chi connectivity index (χ1n) is 4.98. The van der Waals surface area contributed by atoms with Crippen LogP contribution in [0.25, 0.3) is 0 Å². The molecule has 0 aliphatic carbocycles. The van der Waals surface area contributed by atoms with Crippen molar-refractivity contribution in [2.45, 2.75) is 33.2 Å². The predicted molar refractivity (Wildman–Crippen MR) is 59.0 cm³/mol. The molecule has 0 fully saturated rings. The van der Waals surface area contributed by atoms with Gasteiger partial charge in [0.15, 0.2) is 0 Å². The average molecular weight is 194 g/mol. The van der Waals surface area contributed by atoms with Gasteiger partial charge in [-0.3, -0.25) is 0 Å². The second-order valence-corrected chi connectivity index (χ2v) is 3.62. The van der Waals surface area contributed by atoms with Crippen LogP contribution < -0.4 is 11.1 Å². The largest absolute Gasteiger partial charge is 0.384 e. The molecule has 2 unspecified atom stereocenters. The lowest BCUT2D eigenvalue weighted by molar-refractivity contribution is 0.492. The van der Waals surface area contributed by atoms with Crippen LogP contribution in [0.2, 0.25) is 0 Å². The molecule has 1 aromatic heterocycles. The zero-order valence-corrected chi connectivity index (χ0v) is 8.99. The summed E-state index contributed by atoms with van der Waals surface area (Å²) < 4.78 is 0. The Morgan fingerprint density at radius 1 is 1.50 bits per heavy atom. The van der Waals surface area contributed by atoms with E-state index in [0.29, 0.717) is 23.7 Å². The monoisotopic (exact) mass is 194 g/mol. The third kappa shape index (κ3) is 2.87. The van der Waals surface area contributed by atoms with Crippen molar-refractivity contribution in [1.82, 2.24) is 9.97 Å². The highest BCUT2D eigenvalue weighted by Crippen LogP contribution is 2.11. The van der Waals surface area contributed by atoms with Gasteiger partial charge in [-0.2, -0.15) is 4.98 Å². The number of nitrogens with zero attached hydrogens (tertiary/aromatic N) is 2. The standard InChI is InChI=1S/C10H18N4/c1-4-7(2)8(3)13-10-12-6-5-9(11)14-10/h5-8H,4H2,1-3H3,(H3,11,12,13,14). The van der Waals surface area contributed by atoms with Gasteiger partial charge < -0.3 is 11.1 Å². The van der Waals surface area contributed by atoms with Crippen LogP contribution in [0, 0.1) is 5.92 Å². The van der Waals surface area contributed by atoms with E-state index in [-0.39, 0.29) is 0 Å². The highest BCUT2D eigenvalue weighted by molar-refractivity contribution is 5.35. The first kappa shape index (κ1) is 10.8. The number of hydrogen-bond acceptors (Lipinski definition) is 4. The van der Waals surface area contributed by atoms with Crippen molar-refractivity contribution in [2.75, 3.05) is 11.1 Å². The van der Waals surface area contributed by atoms with Crippen LogP contribution in [0.15, 0.2) is 12.3 Å². The smallest absolute Gasteiger partial charge is 0.224 e. The Balaban J connectivity index is 2.60. The minimum absolute atomic E-state index is 0.363. The number of anilines is 2. The van der Waals surface area contributed by atoms with Crippen molar-refractivity contribution in [3.05, 3.63) is 12.3 Å². The molecule has 4 nitrogen and oxygen atoms in total. The van der Waals surface area contributed by atoms with E-state index in [1.807, 2.05) is 0 Å². The van der Waals surface area contributed by atoms with E-state index in [1.54, 1.807) is 12.3 Å². The lowest BCUT2D eigenvalue weighted by Crippen LogP contribution is -2.24. The maximum atomic E-state index is 5.55. The highest BCUT2D eigenvalue weighted by atomic mass is 15.1. The Hall–Kier alpha value is -1.32. The van der Waals surface area contributed by atoms with Crippen molar-refractivity contribution >= 4 is 11.8 Å². The predicted octanol–water partition coefficient (Wildman–Crippen LogP) is 1.91. The molecule has 0 aromatic carbocycles. The number of rotatable bonds is 4. The van der Waals surface area contributed by atoms with Crippen molar-refractivity contribution in [2.24, 2.45) is 5.92 Å². The molecule has 4 heteroatoms. The number of aromatic nitrogens is 2. The average Bonchev–Trinajstić information content (AvgIpc) is 2.16. The molecule has 0 radical (unpaired) electrons. The van der Waals surface area contributed by atoms with Gasteiger partial charge in [-0.1, -0.05) is 20.3 Å². The summed E-state index contributed by atoms with van der Waals surface area (Å²) in [6.07, 6.45) is 2.80. The number of nitrogen functional groups attached to an aromatic ring is 1. The Bertz CT molecular complexity index is 287. The first-order valence-corrected chi connectivity index (χ1v) is 4.98. The molecule has 0 amide bonds. The summed E-state index contributed by atoms with van der Waals surface area (Å²) in [5.74, 6) is 1.71. The summed E-state index contributed by atoms with van der Waals surface area (Å²) in [5.41, 5.74) is 5.55. The summed E-state index contributed by atoms with van der Waals surface area (Å²) in [6, 6.07) is 2.04. The lowest BCUT2D eigenvalue weighted by atomic mass is 10.0. The Kier molecular flexibility index (Phi) is 3.68. The highest BCUT2D eigenvalue weighted by Gasteiger charge is 2.10. The van der Waals surface area contributed by atoms with Crippen molar-refractivity contribution in [3.8, 4) is 0 Å². The van der Waals surface area contributed by atoms with E-state index in [1.165, 1.54) is 0 Å². The molecule has 3 N–H and O–H groups in total. The summed E-state index contributed by atoms with van der Waals surface area (Å²) in [6.45, 7) is 6.49. The zero-order chi connectivity index (χ0) is 10.6. The SMILES string of the molecule is CCC(C)C(C)Nc1nccc(N)n1. The van der Waals surface area contributed by atoms with Crippen molar-refractivity contribution < 1.29 is 0 Å². The second-order valence-electron chi connectivity index (χ2n) is 3.62. The maximum Gasteiger partial charge on any atom is 0.224 e. The molecule has 0 aliphatic heterocycles. The topological polar surface area (TPSA) is 63.8 Å². The van der Waals surface area contributed by atoms with Crippen molar-refractivity contribution in [1.29, 1.82) is 0 Å². The number of nitrogens with two attached hydrogens (primary N) is 1. The Morgan fingerprint density at radius 2 is 2.21 bits per heavy atom. The van der Waals surface area contributed by atoms with Gasteiger partial charge in [0.2, 0.25) is 5.95 Å². The van der Waals surface area contributed by atoms with Gasteiger partial charge in [0.05, 0.1) is 0 Å². The molecule has 0 bridgehead atoms. The third-order valence-corrected chi connectivity index (χ3v) is 2.53. The van der Waals surface area contributed by atoms with Gasteiger partial charge in [-0.15, -0.1) is 0 Å². The molecule has 0 saturated carbocycles. The van der Waals surface area contributed by atoms with Gasteiger partial charge in [-0.05, 0) is 18.9 Å². The molecule has 0 saturated heterocycles. The van der Waals surface area contributed by atoms with Crippen LogP contribution in [0.1, 0.15) is 27.2 Å². The Morgan fingerprint density at radius 3 is 2.79 bits per heavy atom. The van der Waals surface area contributed by atoms with Gasteiger partial charge in [0.25, 0.3) is 0 Å². The number of nitrogens with one attached hydrogen (secondary N) is 1. The minimum atomic E-state index is 0.363. The molecule has 0 aliphatic rings. The number of hydrogen-bond donors (Lipinski definition) is 2. The quantitative estimate of drug-likeness (QED) is 0.768. The first-order chi connectivity index (χ1) is 6.63. The van der Waals surface area contributed by atoms with E-state index in [2.05, 4.69) is 36.1 Å². The fourth-order valence-corrected chi connectivity index (χ4v) is 1.14. The summed E-state index contributed by atoms with van der Waals surface area (Å²) in [7, 11) is 0. The summed E-state index contributed by atoms with van der Waals surface area (Å²) >= 11 is 0. The van der Waals surface area contributed by atoms with E-state index < -0.39 is 0 Å². The fourth-order valence-electron chi connectivity index (χ4n) is 1.14. The molecular formula is C10H18N4. The second kappa shape index (κ2) is 4.79. The van der Waals surface area contributed by atoms with E-state index in [0.717, 1.165) is 6.42 Å². The molecular weight excluding hydrogens is 176 g/mol. The lowest BCUT2D eigenvalue weighted by Gasteiger charge is -2.19. The molecule has 14 heavy (non-hydrogen) atoms. The van der Waals surface area contributed by atoms with Gasteiger partial charge >= 0.3 is 0 Å². The van der Waals surface area contributed by atoms with E-state index in [9.17, 15) is 0 Å². The maximum absolute atomic E-state index is 5.55. The van der Waals surface area contributed by atoms with Crippen LogP contribution in [0.3, 0.4) is 0 Å².